The molecule has 1 amide bonds. The first-order valence-corrected chi connectivity index (χ1v) is 11.4. The number of nitrogens with two attached hydrogens (primary N) is 1. The third-order valence-electron chi connectivity index (χ3n) is 5.76. The standard InChI is InChI=1S/C24H43N3O/c1-6-10-12-20(8-3)17-27(18-21(9-4)13-11-7-2)22-14-15-23(25)24(16-22)26-19(5)28/h14-16,20-21H,6-13,17-18,25H2,1-5H3,(H,26,28). The van der Waals surface area contributed by atoms with Gasteiger partial charge in [0.25, 0.3) is 0 Å². The molecule has 0 spiro atoms. The van der Waals surface area contributed by atoms with E-state index in [1.807, 2.05) is 6.07 Å². The van der Waals surface area contributed by atoms with Crippen molar-refractivity contribution in [3.8, 4) is 0 Å². The number of hydrogen-bond donors (Lipinski definition) is 2. The van der Waals surface area contributed by atoms with Gasteiger partial charge in [-0.15, -0.1) is 0 Å². The average Bonchev–Trinajstić information content (AvgIpc) is 2.68. The number of rotatable bonds is 14. The van der Waals surface area contributed by atoms with Gasteiger partial charge in [0.1, 0.15) is 0 Å². The summed E-state index contributed by atoms with van der Waals surface area (Å²) in [4.78, 5) is 14.1. The van der Waals surface area contributed by atoms with Crippen LogP contribution in [0.4, 0.5) is 17.1 Å². The summed E-state index contributed by atoms with van der Waals surface area (Å²) in [5.74, 6) is 1.31. The van der Waals surface area contributed by atoms with Gasteiger partial charge >= 0.3 is 0 Å². The minimum atomic E-state index is -0.0841. The summed E-state index contributed by atoms with van der Waals surface area (Å²) in [6.45, 7) is 12.8. The Balaban J connectivity index is 3.08. The lowest BCUT2D eigenvalue weighted by atomic mass is 9.95. The van der Waals surface area contributed by atoms with E-state index in [1.54, 1.807) is 0 Å². The van der Waals surface area contributed by atoms with Crippen LogP contribution in [-0.4, -0.2) is 19.0 Å². The molecule has 1 aromatic rings. The molecule has 1 rings (SSSR count). The van der Waals surface area contributed by atoms with Gasteiger partial charge < -0.3 is 16.0 Å². The molecule has 0 aliphatic carbocycles. The van der Waals surface area contributed by atoms with Crippen molar-refractivity contribution >= 4 is 23.0 Å². The second kappa shape index (κ2) is 13.5. The lowest BCUT2D eigenvalue weighted by Crippen LogP contribution is -2.34. The highest BCUT2D eigenvalue weighted by atomic mass is 16.1. The number of nitrogens with one attached hydrogen (secondary N) is 1. The fourth-order valence-electron chi connectivity index (χ4n) is 3.78. The van der Waals surface area contributed by atoms with E-state index < -0.39 is 0 Å². The van der Waals surface area contributed by atoms with E-state index in [0.717, 1.165) is 18.8 Å². The third kappa shape index (κ3) is 8.53. The average molecular weight is 390 g/mol. The maximum Gasteiger partial charge on any atom is 0.221 e. The fourth-order valence-corrected chi connectivity index (χ4v) is 3.78. The number of nitrogens with zero attached hydrogens (tertiary/aromatic N) is 1. The van der Waals surface area contributed by atoms with Gasteiger partial charge in [-0.1, -0.05) is 66.2 Å². The highest BCUT2D eigenvalue weighted by Crippen LogP contribution is 2.29. The molecule has 4 heteroatoms. The van der Waals surface area contributed by atoms with Gasteiger partial charge in [-0.05, 0) is 42.9 Å². The molecule has 1 aromatic carbocycles. The van der Waals surface area contributed by atoms with Crippen LogP contribution in [-0.2, 0) is 4.79 Å². The van der Waals surface area contributed by atoms with Crippen LogP contribution in [0.1, 0.15) is 86.0 Å². The van der Waals surface area contributed by atoms with Crippen molar-refractivity contribution in [1.82, 2.24) is 0 Å². The summed E-state index contributed by atoms with van der Waals surface area (Å²) in [5.41, 5.74) is 8.60. The Morgan fingerprint density at radius 2 is 1.54 bits per heavy atom. The Morgan fingerprint density at radius 1 is 1.00 bits per heavy atom. The molecule has 0 fully saturated rings. The summed E-state index contributed by atoms with van der Waals surface area (Å²) in [6, 6.07) is 6.09. The molecule has 0 aliphatic rings. The van der Waals surface area contributed by atoms with Crippen molar-refractivity contribution in [2.45, 2.75) is 86.0 Å². The Bertz CT molecular complexity index is 555. The number of hydrogen-bond acceptors (Lipinski definition) is 3. The second-order valence-corrected chi connectivity index (χ2v) is 8.19. The molecule has 0 radical (unpaired) electrons. The molecule has 3 N–H and O–H groups in total. The van der Waals surface area contributed by atoms with Crippen LogP contribution in [0.5, 0.6) is 0 Å². The maximum atomic E-state index is 11.6. The zero-order valence-electron chi connectivity index (χ0n) is 18.9. The minimum Gasteiger partial charge on any atom is -0.397 e. The van der Waals surface area contributed by atoms with Gasteiger partial charge in [0.15, 0.2) is 0 Å². The monoisotopic (exact) mass is 389 g/mol. The van der Waals surface area contributed by atoms with E-state index in [0.29, 0.717) is 17.5 Å². The molecule has 160 valence electrons. The Morgan fingerprint density at radius 3 is 1.96 bits per heavy atom. The molecule has 0 heterocycles. The summed E-state index contributed by atoms with van der Waals surface area (Å²) < 4.78 is 0. The molecular weight excluding hydrogens is 346 g/mol. The van der Waals surface area contributed by atoms with Crippen molar-refractivity contribution in [3.63, 3.8) is 0 Å². The second-order valence-electron chi connectivity index (χ2n) is 8.19. The molecular formula is C24H43N3O. The number of carbonyl (C=O) groups excluding carboxylic acids is 1. The van der Waals surface area contributed by atoms with E-state index in [-0.39, 0.29) is 5.91 Å². The Hall–Kier alpha value is -1.71. The van der Waals surface area contributed by atoms with Crippen LogP contribution in [0.25, 0.3) is 0 Å². The van der Waals surface area contributed by atoms with E-state index in [2.05, 4.69) is 50.0 Å². The van der Waals surface area contributed by atoms with Crippen LogP contribution in [0.3, 0.4) is 0 Å². The van der Waals surface area contributed by atoms with Crippen molar-refractivity contribution in [2.24, 2.45) is 11.8 Å². The number of benzene rings is 1. The Labute approximate surface area is 173 Å². The zero-order valence-corrected chi connectivity index (χ0v) is 18.9. The van der Waals surface area contributed by atoms with Crippen LogP contribution in [0.15, 0.2) is 18.2 Å². The Kier molecular flexibility index (Phi) is 11.7. The first-order chi connectivity index (χ1) is 13.4. The van der Waals surface area contributed by atoms with Crippen LogP contribution < -0.4 is 16.0 Å². The third-order valence-corrected chi connectivity index (χ3v) is 5.76. The number of carbonyl (C=O) groups is 1. The molecule has 2 atom stereocenters. The number of amides is 1. The first-order valence-electron chi connectivity index (χ1n) is 11.4. The lowest BCUT2D eigenvalue weighted by Gasteiger charge is -2.33. The van der Waals surface area contributed by atoms with Crippen molar-refractivity contribution in [2.75, 3.05) is 29.0 Å². The van der Waals surface area contributed by atoms with Crippen LogP contribution in [0, 0.1) is 11.8 Å². The number of nitrogen functional groups attached to an aromatic ring is 1. The molecule has 0 bridgehead atoms. The molecule has 0 saturated heterocycles. The summed E-state index contributed by atoms with van der Waals surface area (Å²) in [7, 11) is 0. The van der Waals surface area contributed by atoms with Gasteiger partial charge in [-0.25, -0.2) is 0 Å². The lowest BCUT2D eigenvalue weighted by molar-refractivity contribution is -0.114. The molecule has 4 nitrogen and oxygen atoms in total. The van der Waals surface area contributed by atoms with E-state index in [9.17, 15) is 4.79 Å². The molecule has 28 heavy (non-hydrogen) atoms. The minimum absolute atomic E-state index is 0.0841. The van der Waals surface area contributed by atoms with Gasteiger partial charge in [0, 0.05) is 25.7 Å². The van der Waals surface area contributed by atoms with Gasteiger partial charge in [0.2, 0.25) is 5.91 Å². The van der Waals surface area contributed by atoms with Crippen LogP contribution in [0.2, 0.25) is 0 Å². The summed E-state index contributed by atoms with van der Waals surface area (Å²) >= 11 is 0. The zero-order chi connectivity index (χ0) is 20.9. The highest BCUT2D eigenvalue weighted by molar-refractivity contribution is 5.93. The molecule has 0 saturated carbocycles. The largest absolute Gasteiger partial charge is 0.397 e. The smallest absolute Gasteiger partial charge is 0.221 e. The van der Waals surface area contributed by atoms with Crippen molar-refractivity contribution in [1.29, 1.82) is 0 Å². The maximum absolute atomic E-state index is 11.6. The number of anilines is 3. The molecule has 0 aliphatic heterocycles. The SMILES string of the molecule is CCCCC(CC)CN(CC(CC)CCCC)c1ccc(N)c(NC(C)=O)c1. The predicted octanol–water partition coefficient (Wildman–Crippen LogP) is 6.47. The number of unbranched alkanes of at least 4 members (excludes halogenated alkanes) is 2. The van der Waals surface area contributed by atoms with E-state index in [4.69, 9.17) is 5.73 Å². The van der Waals surface area contributed by atoms with Crippen LogP contribution >= 0.6 is 0 Å². The molecule has 0 aromatic heterocycles. The van der Waals surface area contributed by atoms with Gasteiger partial charge in [0.05, 0.1) is 11.4 Å². The van der Waals surface area contributed by atoms with Gasteiger partial charge in [-0.3, -0.25) is 4.79 Å². The highest BCUT2D eigenvalue weighted by Gasteiger charge is 2.18. The topological polar surface area (TPSA) is 58.4 Å². The first kappa shape index (κ1) is 24.3. The van der Waals surface area contributed by atoms with Crippen molar-refractivity contribution < 1.29 is 4.79 Å². The van der Waals surface area contributed by atoms with E-state index >= 15 is 0 Å². The molecule has 2 unspecified atom stereocenters. The normalized spacial score (nSPS) is 13.2. The fraction of sp³-hybridized carbons (Fsp3) is 0.708. The van der Waals surface area contributed by atoms with E-state index in [1.165, 1.54) is 64.0 Å². The summed E-state index contributed by atoms with van der Waals surface area (Å²) in [5, 5.41) is 2.88. The van der Waals surface area contributed by atoms with Gasteiger partial charge in [-0.2, -0.15) is 0 Å². The van der Waals surface area contributed by atoms with Crippen molar-refractivity contribution in [3.05, 3.63) is 18.2 Å². The quantitative estimate of drug-likeness (QED) is 0.359. The predicted molar refractivity (Wildman–Crippen MR) is 124 cm³/mol. The summed E-state index contributed by atoms with van der Waals surface area (Å²) in [6.07, 6.45) is 10.0.